The molecule has 2 aliphatic carbocycles. The van der Waals surface area contributed by atoms with Crippen LogP contribution in [0.2, 0.25) is 0 Å². The van der Waals surface area contributed by atoms with E-state index in [0.29, 0.717) is 5.92 Å². The Morgan fingerprint density at radius 2 is 2.17 bits per heavy atom. The maximum absolute atomic E-state index is 6.20. The van der Waals surface area contributed by atoms with Crippen molar-refractivity contribution < 1.29 is 0 Å². The van der Waals surface area contributed by atoms with E-state index in [4.69, 9.17) is 5.73 Å². The highest BCUT2D eigenvalue weighted by atomic mass is 15.1. The first-order valence-corrected chi connectivity index (χ1v) is 7.51. The van der Waals surface area contributed by atoms with E-state index in [2.05, 4.69) is 22.7 Å². The summed E-state index contributed by atoms with van der Waals surface area (Å²) in [4.78, 5) is 4.44. The molecular weight excluding hydrogens is 222 g/mol. The van der Waals surface area contributed by atoms with Gasteiger partial charge in [0.15, 0.2) is 0 Å². The molecule has 18 heavy (non-hydrogen) atoms. The Balaban J connectivity index is 1.97. The van der Waals surface area contributed by atoms with Crippen LogP contribution in [-0.2, 0) is 5.54 Å². The van der Waals surface area contributed by atoms with Crippen LogP contribution in [0, 0.1) is 5.92 Å². The molecule has 3 nitrogen and oxygen atoms in total. The molecule has 0 saturated heterocycles. The van der Waals surface area contributed by atoms with Gasteiger partial charge in [0.2, 0.25) is 0 Å². The van der Waals surface area contributed by atoms with E-state index in [1.54, 1.807) is 0 Å². The smallest absolute Gasteiger partial charge is 0.0954 e. The van der Waals surface area contributed by atoms with Crippen LogP contribution in [0.25, 0.3) is 0 Å². The predicted octanol–water partition coefficient (Wildman–Crippen LogP) is 3.01. The molecule has 2 N–H and O–H groups in total. The number of imidazole rings is 1. The second-order valence-corrected chi connectivity index (χ2v) is 6.27. The summed E-state index contributed by atoms with van der Waals surface area (Å²) < 4.78 is 2.46. The summed E-state index contributed by atoms with van der Waals surface area (Å²) in [6.45, 7) is 3.13. The van der Waals surface area contributed by atoms with E-state index in [9.17, 15) is 0 Å². The summed E-state index contributed by atoms with van der Waals surface area (Å²) in [5.74, 6) is 1.41. The fourth-order valence-electron chi connectivity index (χ4n) is 3.84. The highest BCUT2D eigenvalue weighted by Gasteiger charge is 2.40. The zero-order valence-corrected chi connectivity index (χ0v) is 11.4. The van der Waals surface area contributed by atoms with Crippen LogP contribution >= 0.6 is 0 Å². The van der Waals surface area contributed by atoms with Crippen molar-refractivity contribution in [2.24, 2.45) is 11.7 Å². The molecule has 0 bridgehead atoms. The lowest BCUT2D eigenvalue weighted by atomic mass is 9.72. The van der Waals surface area contributed by atoms with Crippen LogP contribution in [-0.4, -0.2) is 16.1 Å². The number of rotatable bonds is 3. The minimum Gasteiger partial charge on any atom is -0.328 e. The molecule has 0 radical (unpaired) electrons. The molecule has 2 unspecified atom stereocenters. The average Bonchev–Trinajstić information content (AvgIpc) is 2.77. The number of hydrogen-bond donors (Lipinski definition) is 1. The Labute approximate surface area is 110 Å². The Morgan fingerprint density at radius 1 is 1.33 bits per heavy atom. The molecular formula is C15H25N3. The molecule has 0 amide bonds. The van der Waals surface area contributed by atoms with Crippen LogP contribution in [0.1, 0.15) is 63.5 Å². The Kier molecular flexibility index (Phi) is 3.18. The molecule has 1 heterocycles. The zero-order valence-electron chi connectivity index (χ0n) is 11.4. The molecule has 3 heteroatoms. The van der Waals surface area contributed by atoms with Crippen LogP contribution in [0.4, 0.5) is 0 Å². The van der Waals surface area contributed by atoms with Gasteiger partial charge in [-0.3, -0.25) is 0 Å². The van der Waals surface area contributed by atoms with E-state index < -0.39 is 0 Å². The van der Waals surface area contributed by atoms with Gasteiger partial charge in [-0.2, -0.15) is 0 Å². The van der Waals surface area contributed by atoms with Crippen molar-refractivity contribution in [1.29, 1.82) is 0 Å². The highest BCUT2D eigenvalue weighted by Crippen LogP contribution is 2.43. The first kappa shape index (κ1) is 12.2. The summed E-state index contributed by atoms with van der Waals surface area (Å²) in [5, 5.41) is 0. The van der Waals surface area contributed by atoms with Crippen LogP contribution < -0.4 is 5.73 Å². The van der Waals surface area contributed by atoms with Crippen LogP contribution in [0.3, 0.4) is 0 Å². The molecule has 2 fully saturated rings. The van der Waals surface area contributed by atoms with Crippen molar-refractivity contribution in [2.75, 3.05) is 6.54 Å². The van der Waals surface area contributed by atoms with Gasteiger partial charge in [0.1, 0.15) is 0 Å². The van der Waals surface area contributed by atoms with Crippen molar-refractivity contribution in [2.45, 2.75) is 63.3 Å². The number of aromatic nitrogens is 2. The van der Waals surface area contributed by atoms with Crippen molar-refractivity contribution in [3.05, 3.63) is 18.2 Å². The fraction of sp³-hybridized carbons (Fsp3) is 0.800. The molecule has 2 aliphatic rings. The zero-order chi connectivity index (χ0) is 12.6. The highest BCUT2D eigenvalue weighted by molar-refractivity contribution is 5.14. The lowest BCUT2D eigenvalue weighted by Gasteiger charge is -2.45. The average molecular weight is 247 g/mol. The van der Waals surface area contributed by atoms with Gasteiger partial charge >= 0.3 is 0 Å². The monoisotopic (exact) mass is 247 g/mol. The molecule has 0 aliphatic heterocycles. The number of hydrogen-bond acceptors (Lipinski definition) is 2. The van der Waals surface area contributed by atoms with Crippen LogP contribution in [0.15, 0.2) is 12.5 Å². The molecule has 3 rings (SSSR count). The number of nitrogens with two attached hydrogens (primary N) is 1. The van der Waals surface area contributed by atoms with Gasteiger partial charge in [0, 0.05) is 24.4 Å². The second kappa shape index (κ2) is 4.69. The van der Waals surface area contributed by atoms with Crippen molar-refractivity contribution >= 4 is 0 Å². The Bertz CT molecular complexity index is 408. The molecule has 2 saturated carbocycles. The molecule has 1 aromatic rings. The van der Waals surface area contributed by atoms with Crippen LogP contribution in [0.5, 0.6) is 0 Å². The lowest BCUT2D eigenvalue weighted by molar-refractivity contribution is 0.117. The van der Waals surface area contributed by atoms with E-state index >= 15 is 0 Å². The van der Waals surface area contributed by atoms with Gasteiger partial charge in [-0.15, -0.1) is 0 Å². The normalized spacial score (nSPS) is 33.3. The maximum Gasteiger partial charge on any atom is 0.0954 e. The summed E-state index contributed by atoms with van der Waals surface area (Å²) >= 11 is 0. The van der Waals surface area contributed by atoms with E-state index in [1.807, 2.05) is 6.33 Å². The largest absolute Gasteiger partial charge is 0.328 e. The van der Waals surface area contributed by atoms with Crippen molar-refractivity contribution in [3.8, 4) is 0 Å². The second-order valence-electron chi connectivity index (χ2n) is 6.27. The first-order chi connectivity index (χ1) is 8.78. The van der Waals surface area contributed by atoms with Crippen molar-refractivity contribution in [1.82, 2.24) is 9.55 Å². The quantitative estimate of drug-likeness (QED) is 0.892. The van der Waals surface area contributed by atoms with Gasteiger partial charge in [0.05, 0.1) is 11.9 Å². The number of nitrogens with zero attached hydrogens (tertiary/aromatic N) is 2. The minimum absolute atomic E-state index is 0.139. The standard InChI is InChI=1S/C15H25N3/c1-12-5-2-3-8-15(12,10-16)18-11-17-9-14(18)13-6-4-7-13/h9,11-13H,2-8,10,16H2,1H3. The molecule has 0 aromatic carbocycles. The third-order valence-electron chi connectivity index (χ3n) is 5.44. The Hall–Kier alpha value is -0.830. The minimum atomic E-state index is 0.139. The van der Waals surface area contributed by atoms with Gasteiger partial charge in [-0.05, 0) is 31.6 Å². The molecule has 1 aromatic heterocycles. The summed E-state index contributed by atoms with van der Waals surface area (Å²) in [5.41, 5.74) is 7.78. The lowest BCUT2D eigenvalue weighted by Crippen LogP contribution is -2.49. The first-order valence-electron chi connectivity index (χ1n) is 7.51. The third kappa shape index (κ3) is 1.71. The topological polar surface area (TPSA) is 43.8 Å². The predicted molar refractivity (Wildman–Crippen MR) is 73.5 cm³/mol. The van der Waals surface area contributed by atoms with E-state index in [1.165, 1.54) is 50.6 Å². The molecule has 0 spiro atoms. The van der Waals surface area contributed by atoms with Gasteiger partial charge < -0.3 is 10.3 Å². The molecule has 100 valence electrons. The van der Waals surface area contributed by atoms with Gasteiger partial charge in [0.25, 0.3) is 0 Å². The summed E-state index contributed by atoms with van der Waals surface area (Å²) in [6, 6.07) is 0. The van der Waals surface area contributed by atoms with E-state index in [0.717, 1.165) is 12.5 Å². The van der Waals surface area contributed by atoms with Gasteiger partial charge in [-0.1, -0.05) is 26.2 Å². The maximum atomic E-state index is 6.20. The summed E-state index contributed by atoms with van der Waals surface area (Å²) in [7, 11) is 0. The SMILES string of the molecule is CC1CCCCC1(CN)n1cncc1C1CCC1. The van der Waals surface area contributed by atoms with E-state index in [-0.39, 0.29) is 5.54 Å². The third-order valence-corrected chi connectivity index (χ3v) is 5.44. The fourth-order valence-corrected chi connectivity index (χ4v) is 3.84. The summed E-state index contributed by atoms with van der Waals surface area (Å²) in [6.07, 6.45) is 13.4. The Morgan fingerprint density at radius 3 is 2.78 bits per heavy atom. The molecule has 2 atom stereocenters. The van der Waals surface area contributed by atoms with Gasteiger partial charge in [-0.25, -0.2) is 4.98 Å². The van der Waals surface area contributed by atoms with Crippen molar-refractivity contribution in [3.63, 3.8) is 0 Å².